The molecule has 6 nitrogen and oxygen atoms in total. The second kappa shape index (κ2) is 8.11. The van der Waals surface area contributed by atoms with Gasteiger partial charge in [-0.15, -0.1) is 0 Å². The highest BCUT2D eigenvalue weighted by Crippen LogP contribution is 2.31. The third kappa shape index (κ3) is 5.28. The van der Waals surface area contributed by atoms with Gasteiger partial charge >= 0.3 is 6.18 Å². The molecule has 0 radical (unpaired) electrons. The van der Waals surface area contributed by atoms with Crippen molar-refractivity contribution < 1.29 is 17.9 Å². The van der Waals surface area contributed by atoms with Gasteiger partial charge in [-0.1, -0.05) is 6.07 Å². The van der Waals surface area contributed by atoms with E-state index in [0.717, 1.165) is 11.6 Å². The number of hydrogen-bond donors (Lipinski definition) is 0. The summed E-state index contributed by atoms with van der Waals surface area (Å²) < 4.78 is 44.6. The van der Waals surface area contributed by atoms with Gasteiger partial charge < -0.3 is 14.5 Å². The van der Waals surface area contributed by atoms with Gasteiger partial charge in [-0.2, -0.15) is 18.2 Å². The van der Waals surface area contributed by atoms with Crippen molar-refractivity contribution in [1.29, 1.82) is 0 Å². The third-order valence-electron chi connectivity index (χ3n) is 3.39. The second-order valence-corrected chi connectivity index (χ2v) is 5.58. The van der Waals surface area contributed by atoms with E-state index in [-0.39, 0.29) is 11.8 Å². The summed E-state index contributed by atoms with van der Waals surface area (Å²) in [6.45, 7) is 1.00. The van der Waals surface area contributed by atoms with Gasteiger partial charge in [0.25, 0.3) is 0 Å². The van der Waals surface area contributed by atoms with Crippen LogP contribution < -0.4 is 9.80 Å². The Balaban J connectivity index is 2.42. The first kappa shape index (κ1) is 18.9. The number of pyridine rings is 1. The predicted molar refractivity (Wildman–Crippen MR) is 88.5 cm³/mol. The normalized spacial score (nSPS) is 11.4. The van der Waals surface area contributed by atoms with Crippen molar-refractivity contribution in [3.05, 3.63) is 41.9 Å². The molecule has 2 rings (SSSR count). The highest BCUT2D eigenvalue weighted by molar-refractivity contribution is 5.46. The van der Waals surface area contributed by atoms with Gasteiger partial charge in [0, 0.05) is 52.8 Å². The van der Waals surface area contributed by atoms with E-state index in [4.69, 9.17) is 4.74 Å². The van der Waals surface area contributed by atoms with Crippen LogP contribution in [0, 0.1) is 0 Å². The summed E-state index contributed by atoms with van der Waals surface area (Å²) in [6, 6.07) is 4.54. The van der Waals surface area contributed by atoms with Gasteiger partial charge in [0.15, 0.2) is 5.69 Å². The van der Waals surface area contributed by atoms with Crippen molar-refractivity contribution in [1.82, 2.24) is 15.0 Å². The van der Waals surface area contributed by atoms with Crippen LogP contribution >= 0.6 is 0 Å². The number of halogens is 3. The van der Waals surface area contributed by atoms with Gasteiger partial charge in [-0.3, -0.25) is 4.98 Å². The summed E-state index contributed by atoms with van der Waals surface area (Å²) in [7, 11) is 4.79. The molecule has 0 aromatic carbocycles. The monoisotopic (exact) mass is 355 g/mol. The minimum absolute atomic E-state index is 0.000530. The largest absolute Gasteiger partial charge is 0.433 e. The Labute approximate surface area is 144 Å². The Morgan fingerprint density at radius 3 is 2.52 bits per heavy atom. The van der Waals surface area contributed by atoms with Crippen LogP contribution in [-0.4, -0.2) is 49.3 Å². The molecule has 0 spiro atoms. The Kier molecular flexibility index (Phi) is 6.13. The molecule has 2 heterocycles. The summed E-state index contributed by atoms with van der Waals surface area (Å²) in [5.41, 5.74) is -0.138. The highest BCUT2D eigenvalue weighted by Gasteiger charge is 2.34. The molecular formula is C16H20F3N5O. The van der Waals surface area contributed by atoms with Crippen molar-refractivity contribution >= 4 is 11.8 Å². The van der Waals surface area contributed by atoms with Crippen LogP contribution in [0.25, 0.3) is 0 Å². The van der Waals surface area contributed by atoms with Crippen LogP contribution in [0.5, 0.6) is 0 Å². The molecule has 0 bridgehead atoms. The maximum atomic E-state index is 13.2. The zero-order valence-corrected chi connectivity index (χ0v) is 14.3. The van der Waals surface area contributed by atoms with Gasteiger partial charge in [-0.25, -0.2) is 4.98 Å². The number of ether oxygens (including phenoxy) is 1. The van der Waals surface area contributed by atoms with E-state index < -0.39 is 11.9 Å². The molecule has 0 aliphatic rings. The quantitative estimate of drug-likeness (QED) is 0.761. The fraction of sp³-hybridized carbons (Fsp3) is 0.438. The first-order chi connectivity index (χ1) is 11.8. The molecule has 136 valence electrons. The summed E-state index contributed by atoms with van der Waals surface area (Å²) in [4.78, 5) is 15.2. The zero-order valence-electron chi connectivity index (χ0n) is 14.3. The molecule has 2 aromatic rings. The number of hydrogen-bond acceptors (Lipinski definition) is 6. The minimum Gasteiger partial charge on any atom is -0.383 e. The molecular weight excluding hydrogens is 335 g/mol. The van der Waals surface area contributed by atoms with Crippen molar-refractivity contribution in [3.63, 3.8) is 0 Å². The van der Waals surface area contributed by atoms with Crippen molar-refractivity contribution in [3.8, 4) is 0 Å². The number of nitrogens with zero attached hydrogens (tertiary/aromatic N) is 5. The first-order valence-corrected chi connectivity index (χ1v) is 7.57. The lowest BCUT2D eigenvalue weighted by molar-refractivity contribution is -0.141. The molecule has 0 aliphatic heterocycles. The lowest BCUT2D eigenvalue weighted by atomic mass is 10.2. The topological polar surface area (TPSA) is 54.4 Å². The molecule has 0 saturated heterocycles. The fourth-order valence-electron chi connectivity index (χ4n) is 2.10. The van der Waals surface area contributed by atoms with Gasteiger partial charge in [0.05, 0.1) is 6.61 Å². The lowest BCUT2D eigenvalue weighted by Gasteiger charge is -2.24. The zero-order chi connectivity index (χ0) is 18.4. The number of methoxy groups -OCH3 is 1. The van der Waals surface area contributed by atoms with Crippen LogP contribution in [0.1, 0.15) is 11.3 Å². The number of alkyl halides is 3. The Morgan fingerprint density at radius 1 is 1.20 bits per heavy atom. The predicted octanol–water partition coefficient (Wildman–Crippen LogP) is 2.61. The number of aromatic nitrogens is 3. The van der Waals surface area contributed by atoms with Crippen molar-refractivity contribution in [2.24, 2.45) is 0 Å². The number of anilines is 2. The van der Waals surface area contributed by atoms with Gasteiger partial charge in [-0.05, 0) is 11.6 Å². The summed E-state index contributed by atoms with van der Waals surface area (Å²) in [5.74, 6) is 0.186. The SMILES string of the molecule is COCCN(Cc1cccnc1)c1nc(N(C)C)cc(C(F)(F)F)n1. The molecule has 0 N–H and O–H groups in total. The van der Waals surface area contributed by atoms with E-state index in [9.17, 15) is 13.2 Å². The molecule has 25 heavy (non-hydrogen) atoms. The van der Waals surface area contributed by atoms with Crippen molar-refractivity contribution in [2.75, 3.05) is 44.2 Å². The fourth-order valence-corrected chi connectivity index (χ4v) is 2.10. The van der Waals surface area contributed by atoms with Crippen LogP contribution in [0.3, 0.4) is 0 Å². The maximum Gasteiger partial charge on any atom is 0.433 e. The van der Waals surface area contributed by atoms with E-state index in [1.165, 1.54) is 12.0 Å². The average molecular weight is 355 g/mol. The second-order valence-electron chi connectivity index (χ2n) is 5.58. The van der Waals surface area contributed by atoms with E-state index in [1.54, 1.807) is 37.5 Å². The van der Waals surface area contributed by atoms with Gasteiger partial charge in [0.1, 0.15) is 5.82 Å². The van der Waals surface area contributed by atoms with E-state index in [1.807, 2.05) is 6.07 Å². The lowest BCUT2D eigenvalue weighted by Crippen LogP contribution is -2.30. The van der Waals surface area contributed by atoms with Crippen LogP contribution in [0.2, 0.25) is 0 Å². The van der Waals surface area contributed by atoms with Crippen LogP contribution in [0.4, 0.5) is 24.9 Å². The van der Waals surface area contributed by atoms with Crippen LogP contribution in [0.15, 0.2) is 30.6 Å². The van der Waals surface area contributed by atoms with E-state index in [0.29, 0.717) is 19.7 Å². The molecule has 9 heteroatoms. The number of rotatable bonds is 7. The average Bonchev–Trinajstić information content (AvgIpc) is 2.58. The highest BCUT2D eigenvalue weighted by atomic mass is 19.4. The molecule has 0 amide bonds. The third-order valence-corrected chi connectivity index (χ3v) is 3.39. The molecule has 0 atom stereocenters. The summed E-state index contributed by atoms with van der Waals surface area (Å²) >= 11 is 0. The van der Waals surface area contributed by atoms with E-state index >= 15 is 0 Å². The Hall–Kier alpha value is -2.42. The molecule has 0 fully saturated rings. The maximum absolute atomic E-state index is 13.2. The Bertz CT molecular complexity index is 679. The summed E-state index contributed by atoms with van der Waals surface area (Å²) in [5, 5.41) is 0. The standard InChI is InChI=1S/C16H20F3N5O/c1-23(2)14-9-13(16(17,18)19)21-15(22-14)24(7-8-25-3)11-12-5-4-6-20-10-12/h4-6,9-10H,7-8,11H2,1-3H3. The Morgan fingerprint density at radius 2 is 1.96 bits per heavy atom. The van der Waals surface area contributed by atoms with Gasteiger partial charge in [0.2, 0.25) is 5.95 Å². The molecule has 0 aliphatic carbocycles. The first-order valence-electron chi connectivity index (χ1n) is 7.57. The molecule has 2 aromatic heterocycles. The summed E-state index contributed by atoms with van der Waals surface area (Å²) in [6.07, 6.45) is -1.27. The minimum atomic E-state index is -4.55. The van der Waals surface area contributed by atoms with Crippen molar-refractivity contribution in [2.45, 2.75) is 12.7 Å². The van der Waals surface area contributed by atoms with E-state index in [2.05, 4.69) is 15.0 Å². The smallest absolute Gasteiger partial charge is 0.383 e. The molecule has 0 unspecified atom stereocenters. The molecule has 0 saturated carbocycles. The van der Waals surface area contributed by atoms with Crippen LogP contribution in [-0.2, 0) is 17.5 Å².